The molecule has 102 valence electrons. The molecule has 0 radical (unpaired) electrons. The summed E-state index contributed by atoms with van der Waals surface area (Å²) in [6.45, 7) is 0.410. The molecule has 0 aliphatic carbocycles. The van der Waals surface area contributed by atoms with Gasteiger partial charge in [-0.2, -0.15) is 0 Å². The van der Waals surface area contributed by atoms with E-state index in [0.29, 0.717) is 11.6 Å². The van der Waals surface area contributed by atoms with Gasteiger partial charge in [0.25, 0.3) is 0 Å². The van der Waals surface area contributed by atoms with Crippen LogP contribution in [0.3, 0.4) is 0 Å². The van der Waals surface area contributed by atoms with Gasteiger partial charge in [-0.15, -0.1) is 0 Å². The third kappa shape index (κ3) is 4.52. The number of rotatable bonds is 4. The standard InChI is InChI=1S/C16H13ClFNO/c17-14-3-1-2-13(10-14)11-19-16(20)9-6-12-4-7-15(18)8-5-12/h1-10H,11H2,(H,19,20)/b9-6+. The van der Waals surface area contributed by atoms with Crippen LogP contribution in [0.5, 0.6) is 0 Å². The molecule has 0 atom stereocenters. The second-order valence-corrected chi connectivity index (χ2v) is 4.67. The fourth-order valence-electron chi connectivity index (χ4n) is 1.64. The highest BCUT2D eigenvalue weighted by Crippen LogP contribution is 2.10. The van der Waals surface area contributed by atoms with Crippen LogP contribution < -0.4 is 5.32 Å². The first-order valence-corrected chi connectivity index (χ1v) is 6.47. The van der Waals surface area contributed by atoms with Crippen LogP contribution in [0.1, 0.15) is 11.1 Å². The smallest absolute Gasteiger partial charge is 0.244 e. The lowest BCUT2D eigenvalue weighted by atomic mass is 10.2. The van der Waals surface area contributed by atoms with Crippen molar-refractivity contribution in [3.8, 4) is 0 Å². The minimum atomic E-state index is -0.299. The molecule has 2 rings (SSSR count). The van der Waals surface area contributed by atoms with Crippen molar-refractivity contribution in [2.24, 2.45) is 0 Å². The molecule has 0 heterocycles. The zero-order valence-corrected chi connectivity index (χ0v) is 11.4. The van der Waals surface area contributed by atoms with Gasteiger partial charge >= 0.3 is 0 Å². The Kier molecular flexibility index (Phi) is 4.91. The van der Waals surface area contributed by atoms with Gasteiger partial charge in [-0.3, -0.25) is 4.79 Å². The fraction of sp³-hybridized carbons (Fsp3) is 0.0625. The van der Waals surface area contributed by atoms with Crippen molar-refractivity contribution in [2.75, 3.05) is 0 Å². The van der Waals surface area contributed by atoms with Crippen LogP contribution in [0.25, 0.3) is 6.08 Å². The number of carbonyl (C=O) groups is 1. The Morgan fingerprint density at radius 2 is 1.95 bits per heavy atom. The van der Waals surface area contributed by atoms with E-state index in [9.17, 15) is 9.18 Å². The number of hydrogen-bond donors (Lipinski definition) is 1. The summed E-state index contributed by atoms with van der Waals surface area (Å²) in [6, 6.07) is 13.2. The molecule has 0 aliphatic rings. The molecule has 1 amide bonds. The van der Waals surface area contributed by atoms with Crippen molar-refractivity contribution in [2.45, 2.75) is 6.54 Å². The lowest BCUT2D eigenvalue weighted by molar-refractivity contribution is -0.116. The Morgan fingerprint density at radius 1 is 1.20 bits per heavy atom. The summed E-state index contributed by atoms with van der Waals surface area (Å²) in [5.74, 6) is -0.512. The molecule has 0 fully saturated rings. The van der Waals surface area contributed by atoms with Crippen molar-refractivity contribution in [3.05, 3.63) is 76.6 Å². The molecule has 20 heavy (non-hydrogen) atoms. The van der Waals surface area contributed by atoms with Crippen LogP contribution in [0.2, 0.25) is 5.02 Å². The Morgan fingerprint density at radius 3 is 2.65 bits per heavy atom. The minimum absolute atomic E-state index is 0.214. The Bertz CT molecular complexity index is 623. The molecule has 0 bridgehead atoms. The minimum Gasteiger partial charge on any atom is -0.348 e. The average Bonchev–Trinajstić information content (AvgIpc) is 2.45. The maximum absolute atomic E-state index is 12.7. The number of hydrogen-bond acceptors (Lipinski definition) is 1. The van der Waals surface area contributed by atoms with E-state index in [1.807, 2.05) is 12.1 Å². The Labute approximate surface area is 121 Å². The zero-order valence-electron chi connectivity index (χ0n) is 10.6. The number of halogens is 2. The van der Waals surface area contributed by atoms with Gasteiger partial charge in [0, 0.05) is 17.6 Å². The summed E-state index contributed by atoms with van der Waals surface area (Å²) in [5.41, 5.74) is 1.70. The lowest BCUT2D eigenvalue weighted by Crippen LogP contribution is -2.20. The molecule has 0 saturated heterocycles. The Balaban J connectivity index is 1.88. The number of amides is 1. The summed E-state index contributed by atoms with van der Waals surface area (Å²) in [4.78, 5) is 11.6. The topological polar surface area (TPSA) is 29.1 Å². The van der Waals surface area contributed by atoms with Crippen molar-refractivity contribution < 1.29 is 9.18 Å². The van der Waals surface area contributed by atoms with Gasteiger partial charge in [0.15, 0.2) is 0 Å². The van der Waals surface area contributed by atoms with Crippen LogP contribution in [-0.2, 0) is 11.3 Å². The third-order valence-corrected chi connectivity index (χ3v) is 2.89. The quantitative estimate of drug-likeness (QED) is 0.852. The summed E-state index contributed by atoms with van der Waals surface area (Å²) < 4.78 is 12.7. The SMILES string of the molecule is O=C(/C=C/c1ccc(F)cc1)NCc1cccc(Cl)c1. The largest absolute Gasteiger partial charge is 0.348 e. The Hall–Kier alpha value is -2.13. The van der Waals surface area contributed by atoms with E-state index >= 15 is 0 Å². The van der Waals surface area contributed by atoms with Crippen LogP contribution in [0.4, 0.5) is 4.39 Å². The first kappa shape index (κ1) is 14.3. The third-order valence-electron chi connectivity index (χ3n) is 2.65. The highest BCUT2D eigenvalue weighted by atomic mass is 35.5. The molecular weight excluding hydrogens is 277 g/mol. The number of benzene rings is 2. The second-order valence-electron chi connectivity index (χ2n) is 4.23. The predicted octanol–water partition coefficient (Wildman–Crippen LogP) is 3.81. The lowest BCUT2D eigenvalue weighted by Gasteiger charge is -2.02. The highest BCUT2D eigenvalue weighted by molar-refractivity contribution is 6.30. The molecule has 0 saturated carbocycles. The van der Waals surface area contributed by atoms with Crippen molar-refractivity contribution in [3.63, 3.8) is 0 Å². The van der Waals surface area contributed by atoms with Crippen LogP contribution in [-0.4, -0.2) is 5.91 Å². The summed E-state index contributed by atoms with van der Waals surface area (Å²) in [7, 11) is 0. The zero-order chi connectivity index (χ0) is 14.4. The first-order chi connectivity index (χ1) is 9.63. The normalized spacial score (nSPS) is 10.7. The maximum atomic E-state index is 12.7. The average molecular weight is 290 g/mol. The number of nitrogens with one attached hydrogen (secondary N) is 1. The van der Waals surface area contributed by atoms with Crippen LogP contribution >= 0.6 is 11.6 Å². The van der Waals surface area contributed by atoms with Crippen LogP contribution in [0.15, 0.2) is 54.6 Å². The molecular formula is C16H13ClFNO. The van der Waals surface area contributed by atoms with Gasteiger partial charge < -0.3 is 5.32 Å². The molecule has 2 aromatic carbocycles. The molecule has 1 N–H and O–H groups in total. The van der Waals surface area contributed by atoms with Gasteiger partial charge in [-0.25, -0.2) is 4.39 Å². The van der Waals surface area contributed by atoms with Gasteiger partial charge in [0.1, 0.15) is 5.82 Å². The van der Waals surface area contributed by atoms with E-state index in [-0.39, 0.29) is 11.7 Å². The molecule has 4 heteroatoms. The van der Waals surface area contributed by atoms with Crippen LogP contribution in [0, 0.1) is 5.82 Å². The molecule has 0 aliphatic heterocycles. The summed E-state index contributed by atoms with van der Waals surface area (Å²) in [6.07, 6.45) is 3.05. The maximum Gasteiger partial charge on any atom is 0.244 e. The van der Waals surface area contributed by atoms with E-state index in [1.165, 1.54) is 18.2 Å². The summed E-state index contributed by atoms with van der Waals surface area (Å²) >= 11 is 5.86. The van der Waals surface area contributed by atoms with Crippen molar-refractivity contribution >= 4 is 23.6 Å². The molecule has 2 aromatic rings. The van der Waals surface area contributed by atoms with Gasteiger partial charge in [-0.05, 0) is 41.5 Å². The van der Waals surface area contributed by atoms with E-state index < -0.39 is 0 Å². The van der Waals surface area contributed by atoms with Gasteiger partial charge in [0.05, 0.1) is 0 Å². The number of carbonyl (C=O) groups excluding carboxylic acids is 1. The van der Waals surface area contributed by atoms with Crippen molar-refractivity contribution in [1.29, 1.82) is 0 Å². The predicted molar refractivity (Wildman–Crippen MR) is 78.7 cm³/mol. The monoisotopic (exact) mass is 289 g/mol. The van der Waals surface area contributed by atoms with Crippen molar-refractivity contribution in [1.82, 2.24) is 5.32 Å². The van der Waals surface area contributed by atoms with E-state index in [2.05, 4.69) is 5.32 Å². The fourth-order valence-corrected chi connectivity index (χ4v) is 1.85. The van der Waals surface area contributed by atoms with Gasteiger partial charge in [-0.1, -0.05) is 35.9 Å². The van der Waals surface area contributed by atoms with E-state index in [0.717, 1.165) is 11.1 Å². The molecule has 2 nitrogen and oxygen atoms in total. The first-order valence-electron chi connectivity index (χ1n) is 6.09. The molecule has 0 unspecified atom stereocenters. The summed E-state index contributed by atoms with van der Waals surface area (Å²) in [5, 5.41) is 3.39. The van der Waals surface area contributed by atoms with E-state index in [1.54, 1.807) is 30.3 Å². The molecule has 0 spiro atoms. The highest BCUT2D eigenvalue weighted by Gasteiger charge is 1.98. The van der Waals surface area contributed by atoms with E-state index in [4.69, 9.17) is 11.6 Å². The van der Waals surface area contributed by atoms with Gasteiger partial charge in [0.2, 0.25) is 5.91 Å². The molecule has 0 aromatic heterocycles. The second kappa shape index (κ2) is 6.87.